The summed E-state index contributed by atoms with van der Waals surface area (Å²) in [6.45, 7) is 4.90. The molecule has 130 valence electrons. The van der Waals surface area contributed by atoms with Crippen LogP contribution >= 0.6 is 0 Å². The lowest BCUT2D eigenvalue weighted by atomic mass is 10.0. The van der Waals surface area contributed by atoms with E-state index in [0.717, 1.165) is 6.07 Å². The second kappa shape index (κ2) is 7.21. The van der Waals surface area contributed by atoms with E-state index in [1.165, 1.54) is 24.1 Å². The van der Waals surface area contributed by atoms with Gasteiger partial charge in [-0.2, -0.15) is 13.2 Å². The Morgan fingerprint density at radius 2 is 1.87 bits per heavy atom. The molecule has 1 atom stereocenters. The topological polar surface area (TPSA) is 52.6 Å². The van der Waals surface area contributed by atoms with Crippen molar-refractivity contribution in [3.05, 3.63) is 35.4 Å². The first-order valence-electron chi connectivity index (χ1n) is 7.29. The van der Waals surface area contributed by atoms with E-state index in [-0.39, 0.29) is 18.5 Å². The molecule has 0 aromatic heterocycles. The van der Waals surface area contributed by atoms with E-state index >= 15 is 0 Å². The number of nitrogens with zero attached hydrogens (tertiary/aromatic N) is 1. The van der Waals surface area contributed by atoms with Gasteiger partial charge in [0.15, 0.2) is 0 Å². The van der Waals surface area contributed by atoms with Gasteiger partial charge in [-0.3, -0.25) is 0 Å². The summed E-state index contributed by atoms with van der Waals surface area (Å²) in [7, 11) is 1.52. The predicted molar refractivity (Wildman–Crippen MR) is 82.1 cm³/mol. The Balaban J connectivity index is 2.71. The van der Waals surface area contributed by atoms with Crippen LogP contribution in [-0.2, 0) is 12.6 Å². The molecule has 0 saturated heterocycles. The van der Waals surface area contributed by atoms with Crippen LogP contribution in [0.5, 0.6) is 0 Å². The van der Waals surface area contributed by atoms with Gasteiger partial charge in [0.25, 0.3) is 0 Å². The molecule has 0 saturated carbocycles. The number of rotatable bonds is 5. The number of carbonyl (C=O) groups excluding carboxylic acids is 1. The Labute approximate surface area is 134 Å². The Bertz CT molecular complexity index is 539. The van der Waals surface area contributed by atoms with Gasteiger partial charge >= 0.3 is 12.2 Å². The number of urea groups is 1. The van der Waals surface area contributed by atoms with Crippen molar-refractivity contribution < 1.29 is 23.1 Å². The number of hydrogen-bond donors (Lipinski definition) is 2. The van der Waals surface area contributed by atoms with Gasteiger partial charge in [-0.25, -0.2) is 4.79 Å². The molecule has 1 aromatic rings. The molecule has 0 spiro atoms. The monoisotopic (exact) mass is 332 g/mol. The molecule has 2 amide bonds. The minimum absolute atomic E-state index is 0.0672. The van der Waals surface area contributed by atoms with Gasteiger partial charge < -0.3 is 15.3 Å². The molecule has 0 fully saturated rings. The van der Waals surface area contributed by atoms with Crippen LogP contribution in [0.25, 0.3) is 0 Å². The summed E-state index contributed by atoms with van der Waals surface area (Å²) >= 11 is 0. The standard InChI is InChI=1S/C16H23F3N2O2/c1-11(20-14(22)21(4)10-15(2,3)23)9-12-7-5-6-8-13(12)16(17,18)19/h5-8,11,23H,9-10H2,1-4H3,(H,20,22)/t11-/m1/s1. The van der Waals surface area contributed by atoms with Crippen LogP contribution in [0.1, 0.15) is 31.9 Å². The SMILES string of the molecule is C[C@H](Cc1ccccc1C(F)(F)F)NC(=O)N(C)CC(C)(C)O. The van der Waals surface area contributed by atoms with Crippen molar-refractivity contribution in [3.63, 3.8) is 0 Å². The molecule has 0 unspecified atom stereocenters. The highest BCUT2D eigenvalue weighted by atomic mass is 19.4. The average molecular weight is 332 g/mol. The zero-order valence-corrected chi connectivity index (χ0v) is 13.7. The summed E-state index contributed by atoms with van der Waals surface area (Å²) in [6, 6.07) is 4.40. The number of carbonyl (C=O) groups is 1. The highest BCUT2D eigenvalue weighted by Crippen LogP contribution is 2.32. The van der Waals surface area contributed by atoms with Gasteiger partial charge in [-0.1, -0.05) is 18.2 Å². The van der Waals surface area contributed by atoms with Gasteiger partial charge in [0.1, 0.15) is 0 Å². The maximum absolute atomic E-state index is 13.0. The highest BCUT2D eigenvalue weighted by molar-refractivity contribution is 5.74. The van der Waals surface area contributed by atoms with Gasteiger partial charge in [0, 0.05) is 13.1 Å². The van der Waals surface area contributed by atoms with Crippen LogP contribution in [0.2, 0.25) is 0 Å². The lowest BCUT2D eigenvalue weighted by molar-refractivity contribution is -0.138. The van der Waals surface area contributed by atoms with Crippen molar-refractivity contribution in [3.8, 4) is 0 Å². The van der Waals surface area contributed by atoms with E-state index in [1.807, 2.05) is 0 Å². The van der Waals surface area contributed by atoms with Crippen molar-refractivity contribution in [2.24, 2.45) is 0 Å². The minimum Gasteiger partial charge on any atom is -0.389 e. The number of benzene rings is 1. The molecule has 0 aliphatic heterocycles. The molecular weight excluding hydrogens is 309 g/mol. The summed E-state index contributed by atoms with van der Waals surface area (Å²) < 4.78 is 38.9. The number of alkyl halides is 3. The van der Waals surface area contributed by atoms with Crippen LogP contribution in [0.15, 0.2) is 24.3 Å². The van der Waals surface area contributed by atoms with Crippen molar-refractivity contribution in [2.75, 3.05) is 13.6 Å². The zero-order chi connectivity index (χ0) is 17.8. The summed E-state index contributed by atoms with van der Waals surface area (Å²) in [5, 5.41) is 12.3. The molecule has 0 heterocycles. The molecule has 0 aliphatic rings. The number of aliphatic hydroxyl groups is 1. The van der Waals surface area contributed by atoms with Gasteiger partial charge in [-0.15, -0.1) is 0 Å². The molecule has 23 heavy (non-hydrogen) atoms. The molecule has 0 radical (unpaired) electrons. The second-order valence-electron chi connectivity index (χ2n) is 6.38. The first-order valence-corrected chi connectivity index (χ1v) is 7.29. The third-order valence-corrected chi connectivity index (χ3v) is 3.19. The Morgan fingerprint density at radius 3 is 2.39 bits per heavy atom. The zero-order valence-electron chi connectivity index (χ0n) is 13.7. The normalized spacial score (nSPS) is 13.6. The first kappa shape index (κ1) is 19.3. The largest absolute Gasteiger partial charge is 0.416 e. The van der Waals surface area contributed by atoms with Crippen molar-refractivity contribution in [1.82, 2.24) is 10.2 Å². The van der Waals surface area contributed by atoms with Gasteiger partial charge in [-0.05, 0) is 38.8 Å². The van der Waals surface area contributed by atoms with E-state index in [0.29, 0.717) is 0 Å². The third kappa shape index (κ3) is 6.48. The molecule has 1 rings (SSSR count). The summed E-state index contributed by atoms with van der Waals surface area (Å²) in [5.41, 5.74) is -1.60. The number of nitrogens with one attached hydrogen (secondary N) is 1. The lowest BCUT2D eigenvalue weighted by Gasteiger charge is -2.27. The van der Waals surface area contributed by atoms with Crippen molar-refractivity contribution in [1.29, 1.82) is 0 Å². The highest BCUT2D eigenvalue weighted by Gasteiger charge is 2.33. The van der Waals surface area contributed by atoms with Gasteiger partial charge in [0.05, 0.1) is 17.7 Å². The molecule has 2 N–H and O–H groups in total. The fourth-order valence-electron chi connectivity index (χ4n) is 2.33. The number of halogens is 3. The minimum atomic E-state index is -4.42. The lowest BCUT2D eigenvalue weighted by Crippen LogP contribution is -2.47. The van der Waals surface area contributed by atoms with Crippen LogP contribution in [0.3, 0.4) is 0 Å². The summed E-state index contributed by atoms with van der Waals surface area (Å²) in [6.07, 6.45) is -4.35. The smallest absolute Gasteiger partial charge is 0.389 e. The first-order chi connectivity index (χ1) is 10.4. The van der Waals surface area contributed by atoms with E-state index in [4.69, 9.17) is 0 Å². The van der Waals surface area contributed by atoms with Crippen LogP contribution in [0, 0.1) is 0 Å². The van der Waals surface area contributed by atoms with Crippen LogP contribution in [0.4, 0.5) is 18.0 Å². The molecule has 0 aliphatic carbocycles. The molecule has 1 aromatic carbocycles. The van der Waals surface area contributed by atoms with Gasteiger partial charge in [0.2, 0.25) is 0 Å². The number of hydrogen-bond acceptors (Lipinski definition) is 2. The van der Waals surface area contributed by atoms with Crippen LogP contribution in [-0.4, -0.2) is 41.3 Å². The predicted octanol–water partition coefficient (Wildman–Crippen LogP) is 3.05. The fourth-order valence-corrected chi connectivity index (χ4v) is 2.33. The molecule has 0 bridgehead atoms. The molecular formula is C16H23F3N2O2. The Morgan fingerprint density at radius 1 is 1.30 bits per heavy atom. The number of likely N-dealkylation sites (N-methyl/N-ethyl adjacent to an activating group) is 1. The van der Waals surface area contributed by atoms with E-state index in [9.17, 15) is 23.1 Å². The maximum Gasteiger partial charge on any atom is 0.416 e. The summed E-state index contributed by atoms with van der Waals surface area (Å²) in [5.74, 6) is 0. The van der Waals surface area contributed by atoms with Crippen LogP contribution < -0.4 is 5.32 Å². The molecule has 4 nitrogen and oxygen atoms in total. The van der Waals surface area contributed by atoms with Crippen molar-refractivity contribution in [2.45, 2.75) is 45.0 Å². The molecule has 7 heteroatoms. The van der Waals surface area contributed by atoms with E-state index in [2.05, 4.69) is 5.32 Å². The Hall–Kier alpha value is -1.76. The second-order valence-corrected chi connectivity index (χ2v) is 6.38. The van der Waals surface area contributed by atoms with Crippen molar-refractivity contribution >= 4 is 6.03 Å². The third-order valence-electron chi connectivity index (χ3n) is 3.19. The Kier molecular flexibility index (Phi) is 6.04. The van der Waals surface area contributed by atoms with E-state index in [1.54, 1.807) is 26.8 Å². The van der Waals surface area contributed by atoms with E-state index < -0.39 is 29.4 Å². The average Bonchev–Trinajstić information content (AvgIpc) is 2.35. The quantitative estimate of drug-likeness (QED) is 0.871. The number of amides is 2. The fraction of sp³-hybridized carbons (Fsp3) is 0.562. The maximum atomic E-state index is 13.0. The summed E-state index contributed by atoms with van der Waals surface area (Å²) in [4.78, 5) is 13.3.